The normalized spacial score (nSPS) is 12.0. The molecular formula is C13H7Cl2F3N2O4S. The third kappa shape index (κ3) is 4.33. The van der Waals surface area contributed by atoms with E-state index >= 15 is 0 Å². The van der Waals surface area contributed by atoms with E-state index in [4.69, 9.17) is 28.3 Å². The van der Waals surface area contributed by atoms with Crippen LogP contribution in [0.5, 0.6) is 0 Å². The Morgan fingerprint density at radius 1 is 1.16 bits per heavy atom. The number of benzene rings is 1. The van der Waals surface area contributed by atoms with Crippen LogP contribution in [0.3, 0.4) is 0 Å². The molecule has 1 amide bonds. The van der Waals surface area contributed by atoms with Crippen LogP contribution in [0.25, 0.3) is 11.3 Å². The molecule has 0 spiro atoms. The number of halogens is 5. The van der Waals surface area contributed by atoms with Gasteiger partial charge in [0.2, 0.25) is 0 Å². The monoisotopic (exact) mass is 414 g/mol. The van der Waals surface area contributed by atoms with Gasteiger partial charge in [-0.1, -0.05) is 29.3 Å². The number of sulfonamides is 1. The molecule has 2 N–H and O–H groups in total. The molecule has 0 aliphatic heterocycles. The molecule has 0 saturated heterocycles. The summed E-state index contributed by atoms with van der Waals surface area (Å²) in [5.74, 6) is 0. The van der Waals surface area contributed by atoms with Crippen LogP contribution < -0.4 is 4.72 Å². The van der Waals surface area contributed by atoms with Crippen LogP contribution in [-0.4, -0.2) is 24.6 Å². The third-order valence-electron chi connectivity index (χ3n) is 2.88. The average molecular weight is 415 g/mol. The van der Waals surface area contributed by atoms with E-state index in [0.717, 1.165) is 12.1 Å². The highest BCUT2D eigenvalue weighted by Gasteiger charge is 2.32. The minimum atomic E-state index is -4.64. The van der Waals surface area contributed by atoms with E-state index in [1.165, 1.54) is 10.8 Å². The summed E-state index contributed by atoms with van der Waals surface area (Å²) in [6.45, 7) is 0. The van der Waals surface area contributed by atoms with Gasteiger partial charge in [0.05, 0.1) is 21.3 Å². The number of nitrogens with one attached hydrogen (secondary N) is 1. The fourth-order valence-electron chi connectivity index (χ4n) is 1.83. The van der Waals surface area contributed by atoms with Gasteiger partial charge < -0.3 is 5.11 Å². The predicted molar refractivity (Wildman–Crippen MR) is 83.0 cm³/mol. The molecule has 2 aromatic rings. The van der Waals surface area contributed by atoms with Crippen molar-refractivity contribution in [3.05, 3.63) is 46.1 Å². The molecule has 0 aliphatic carbocycles. The van der Waals surface area contributed by atoms with E-state index in [1.54, 1.807) is 0 Å². The summed E-state index contributed by atoms with van der Waals surface area (Å²) < 4.78 is 63.1. The van der Waals surface area contributed by atoms with Crippen LogP contribution >= 0.6 is 23.2 Å². The first kappa shape index (κ1) is 19.3. The van der Waals surface area contributed by atoms with Crippen molar-refractivity contribution in [1.82, 2.24) is 9.71 Å². The first-order chi connectivity index (χ1) is 11.4. The summed E-state index contributed by atoms with van der Waals surface area (Å²) in [6, 6.07) is 4.00. The van der Waals surface area contributed by atoms with Gasteiger partial charge in [0, 0.05) is 11.8 Å². The smallest absolute Gasteiger partial charge is 0.418 e. The van der Waals surface area contributed by atoms with E-state index in [0.29, 0.717) is 12.3 Å². The number of pyridine rings is 1. The van der Waals surface area contributed by atoms with Gasteiger partial charge in [-0.2, -0.15) is 13.2 Å². The molecule has 134 valence electrons. The molecule has 1 heterocycles. The molecule has 2 rings (SSSR count). The number of carboxylic acid groups (broad SMARTS) is 1. The molecule has 12 heteroatoms. The van der Waals surface area contributed by atoms with Gasteiger partial charge in [-0.05, 0) is 18.2 Å². The second kappa shape index (κ2) is 6.70. The maximum atomic E-state index is 12.6. The van der Waals surface area contributed by atoms with Gasteiger partial charge in [-0.3, -0.25) is 4.98 Å². The maximum Gasteiger partial charge on any atom is 0.418 e. The summed E-state index contributed by atoms with van der Waals surface area (Å²) in [5.41, 5.74) is -1.16. The van der Waals surface area contributed by atoms with Crippen LogP contribution in [0, 0.1) is 0 Å². The van der Waals surface area contributed by atoms with Crippen LogP contribution in [-0.2, 0) is 16.2 Å². The van der Waals surface area contributed by atoms with E-state index in [2.05, 4.69) is 4.98 Å². The zero-order chi connectivity index (χ0) is 19.0. The number of nitrogens with zero attached hydrogens (tertiary/aromatic N) is 1. The molecule has 0 bridgehead atoms. The van der Waals surface area contributed by atoms with Crippen molar-refractivity contribution in [1.29, 1.82) is 0 Å². The first-order valence-electron chi connectivity index (χ1n) is 6.20. The SMILES string of the molecule is O=C(O)NS(=O)(=O)c1cc(-c2ncc(C(F)(F)F)cc2Cl)ccc1Cl. The summed E-state index contributed by atoms with van der Waals surface area (Å²) in [5, 5.41) is 7.91. The Morgan fingerprint density at radius 2 is 1.80 bits per heavy atom. The molecule has 1 aromatic heterocycles. The first-order valence-corrected chi connectivity index (χ1v) is 8.44. The van der Waals surface area contributed by atoms with Crippen molar-refractivity contribution in [3.63, 3.8) is 0 Å². The molecule has 0 aliphatic rings. The van der Waals surface area contributed by atoms with Crippen molar-refractivity contribution in [2.45, 2.75) is 11.1 Å². The lowest BCUT2D eigenvalue weighted by Gasteiger charge is -2.11. The van der Waals surface area contributed by atoms with E-state index in [1.807, 2.05) is 0 Å². The van der Waals surface area contributed by atoms with Gasteiger partial charge in [-0.15, -0.1) is 0 Å². The molecule has 1 aromatic carbocycles. The molecule has 0 unspecified atom stereocenters. The molecule has 0 radical (unpaired) electrons. The number of carbonyl (C=O) groups is 1. The highest BCUT2D eigenvalue weighted by Crippen LogP contribution is 2.35. The quantitative estimate of drug-likeness (QED) is 0.789. The Balaban J connectivity index is 2.56. The standard InChI is InChI=1S/C13H7Cl2F3N2O4S/c14-8-2-1-6(3-10(8)25(23,24)20-12(21)22)11-9(15)4-7(5-19-11)13(16,17)18/h1-5,20H,(H,21,22). The lowest BCUT2D eigenvalue weighted by Crippen LogP contribution is -2.29. The number of rotatable bonds is 3. The van der Waals surface area contributed by atoms with Crippen LogP contribution in [0.4, 0.5) is 18.0 Å². The van der Waals surface area contributed by atoms with Crippen molar-refractivity contribution in [2.24, 2.45) is 0 Å². The lowest BCUT2D eigenvalue weighted by molar-refractivity contribution is -0.137. The van der Waals surface area contributed by atoms with Crippen molar-refractivity contribution in [3.8, 4) is 11.3 Å². The molecule has 25 heavy (non-hydrogen) atoms. The van der Waals surface area contributed by atoms with E-state index < -0.39 is 32.8 Å². The number of hydrogen-bond donors (Lipinski definition) is 2. The Bertz CT molecular complexity index is 949. The zero-order valence-electron chi connectivity index (χ0n) is 11.8. The average Bonchev–Trinajstić information content (AvgIpc) is 2.45. The highest BCUT2D eigenvalue weighted by atomic mass is 35.5. The Labute approximate surface area is 149 Å². The molecule has 6 nitrogen and oxygen atoms in total. The minimum Gasteiger partial charge on any atom is -0.464 e. The maximum absolute atomic E-state index is 12.6. The topological polar surface area (TPSA) is 96.4 Å². The Morgan fingerprint density at radius 3 is 2.32 bits per heavy atom. The zero-order valence-corrected chi connectivity index (χ0v) is 14.1. The number of amides is 1. The fourth-order valence-corrected chi connectivity index (χ4v) is 3.48. The summed E-state index contributed by atoms with van der Waals surface area (Å²) >= 11 is 11.6. The second-order valence-electron chi connectivity index (χ2n) is 4.61. The minimum absolute atomic E-state index is 0.0360. The van der Waals surface area contributed by atoms with Gasteiger partial charge in [0.1, 0.15) is 4.90 Å². The number of alkyl halides is 3. The van der Waals surface area contributed by atoms with Gasteiger partial charge >= 0.3 is 12.3 Å². The Kier molecular flexibility index (Phi) is 5.17. The fraction of sp³-hybridized carbons (Fsp3) is 0.0769. The van der Waals surface area contributed by atoms with Crippen molar-refractivity contribution < 1.29 is 31.5 Å². The van der Waals surface area contributed by atoms with Gasteiger partial charge in [0.15, 0.2) is 0 Å². The van der Waals surface area contributed by atoms with Crippen molar-refractivity contribution in [2.75, 3.05) is 0 Å². The highest BCUT2D eigenvalue weighted by molar-refractivity contribution is 7.90. The summed E-state index contributed by atoms with van der Waals surface area (Å²) in [7, 11) is -4.50. The largest absolute Gasteiger partial charge is 0.464 e. The van der Waals surface area contributed by atoms with Crippen LogP contribution in [0.2, 0.25) is 10.0 Å². The number of hydrogen-bond acceptors (Lipinski definition) is 4. The predicted octanol–water partition coefficient (Wildman–Crippen LogP) is 4.03. The van der Waals surface area contributed by atoms with Gasteiger partial charge in [0.25, 0.3) is 10.0 Å². The van der Waals surface area contributed by atoms with E-state index in [9.17, 15) is 26.4 Å². The Hall–Kier alpha value is -2.04. The molecule has 0 atom stereocenters. The van der Waals surface area contributed by atoms with E-state index in [-0.39, 0.29) is 21.3 Å². The van der Waals surface area contributed by atoms with Gasteiger partial charge in [-0.25, -0.2) is 17.9 Å². The van der Waals surface area contributed by atoms with Crippen molar-refractivity contribution >= 4 is 39.3 Å². The third-order valence-corrected chi connectivity index (χ3v) is 4.97. The molecule has 0 saturated carbocycles. The number of aromatic nitrogens is 1. The molecule has 0 fully saturated rings. The summed E-state index contributed by atoms with van der Waals surface area (Å²) in [4.78, 5) is 13.6. The van der Waals surface area contributed by atoms with Crippen LogP contribution in [0.1, 0.15) is 5.56 Å². The second-order valence-corrected chi connectivity index (χ2v) is 7.07. The lowest BCUT2D eigenvalue weighted by atomic mass is 10.1. The summed E-state index contributed by atoms with van der Waals surface area (Å²) in [6.07, 6.45) is -5.93. The molecular weight excluding hydrogens is 408 g/mol. The van der Waals surface area contributed by atoms with Crippen LogP contribution in [0.15, 0.2) is 35.4 Å².